The summed E-state index contributed by atoms with van der Waals surface area (Å²) in [6.07, 6.45) is 1.03. The number of ether oxygens (including phenoxy) is 1. The lowest BCUT2D eigenvalue weighted by Gasteiger charge is -2.29. The Bertz CT molecular complexity index is 935. The van der Waals surface area contributed by atoms with Crippen LogP contribution in [0.5, 0.6) is 0 Å². The monoisotopic (exact) mass is 401 g/mol. The molecule has 5 nitrogen and oxygen atoms in total. The van der Waals surface area contributed by atoms with E-state index in [1.165, 1.54) is 11.1 Å². The largest absolute Gasteiger partial charge is 0.371 e. The van der Waals surface area contributed by atoms with Crippen molar-refractivity contribution in [2.24, 2.45) is 0 Å². The molecule has 3 rings (SSSR count). The summed E-state index contributed by atoms with van der Waals surface area (Å²) in [5.41, 5.74) is 3.29. The fourth-order valence-electron chi connectivity index (χ4n) is 3.31. The second-order valence-electron chi connectivity index (χ2n) is 7.59. The first-order chi connectivity index (χ1) is 13.3. The summed E-state index contributed by atoms with van der Waals surface area (Å²) in [4.78, 5) is 14.6. The summed E-state index contributed by atoms with van der Waals surface area (Å²) in [7, 11) is -1.51. The molecule has 150 valence electrons. The molecule has 1 aliphatic heterocycles. The van der Waals surface area contributed by atoms with E-state index in [-0.39, 0.29) is 18.4 Å². The van der Waals surface area contributed by atoms with Gasteiger partial charge in [-0.3, -0.25) is 4.79 Å². The summed E-state index contributed by atoms with van der Waals surface area (Å²) in [5, 5.41) is -0.466. The predicted octanol–water partition coefficient (Wildman–Crippen LogP) is 3.01. The maximum atomic E-state index is 12.6. The minimum atomic E-state index is -3.29. The van der Waals surface area contributed by atoms with E-state index in [4.69, 9.17) is 4.74 Å². The molecule has 1 atom stereocenters. The van der Waals surface area contributed by atoms with Gasteiger partial charge in [-0.25, -0.2) is 8.42 Å². The van der Waals surface area contributed by atoms with Crippen molar-refractivity contribution in [3.8, 4) is 0 Å². The smallest absolute Gasteiger partial charge is 0.226 e. The zero-order valence-corrected chi connectivity index (χ0v) is 17.4. The number of carbonyl (C=O) groups excluding carboxylic acids is 1. The predicted molar refractivity (Wildman–Crippen MR) is 109 cm³/mol. The normalized spacial score (nSPS) is 16.6. The van der Waals surface area contributed by atoms with Gasteiger partial charge in [-0.15, -0.1) is 0 Å². The Morgan fingerprint density at radius 2 is 1.75 bits per heavy atom. The first-order valence-corrected chi connectivity index (χ1v) is 11.1. The standard InChI is InChI=1S/C22H27NO4S/c1-16(2)28(25,26)21-10-8-17(9-11-21)12-22(24)23(3)14-20-13-18-6-4-5-7-19(18)15-27-20/h4-11,16,20H,12-15H2,1-3H3. The van der Waals surface area contributed by atoms with Crippen molar-refractivity contribution in [3.63, 3.8) is 0 Å². The minimum absolute atomic E-state index is 0.0117. The lowest BCUT2D eigenvalue weighted by molar-refractivity contribution is -0.131. The average molecular weight is 402 g/mol. The van der Waals surface area contributed by atoms with Crippen LogP contribution in [0.15, 0.2) is 53.4 Å². The molecule has 1 amide bonds. The van der Waals surface area contributed by atoms with Crippen molar-refractivity contribution in [3.05, 3.63) is 65.2 Å². The maximum Gasteiger partial charge on any atom is 0.226 e. The molecule has 0 aliphatic carbocycles. The summed E-state index contributed by atoms with van der Waals surface area (Å²) in [6.45, 7) is 4.43. The van der Waals surface area contributed by atoms with Gasteiger partial charge in [-0.2, -0.15) is 0 Å². The van der Waals surface area contributed by atoms with Gasteiger partial charge in [0.1, 0.15) is 0 Å². The van der Waals surface area contributed by atoms with E-state index in [1.54, 1.807) is 50.1 Å². The molecule has 0 N–H and O–H groups in total. The Hall–Kier alpha value is -2.18. The minimum Gasteiger partial charge on any atom is -0.371 e. The SMILES string of the molecule is CC(C)S(=O)(=O)c1ccc(CC(=O)N(C)CC2Cc3ccccc3CO2)cc1. The molecule has 1 aliphatic rings. The third-order valence-corrected chi connectivity index (χ3v) is 7.34. The van der Waals surface area contributed by atoms with E-state index >= 15 is 0 Å². The van der Waals surface area contributed by atoms with Crippen molar-refractivity contribution in [1.82, 2.24) is 4.90 Å². The number of likely N-dealkylation sites (N-methyl/N-ethyl adjacent to an activating group) is 1. The number of carbonyl (C=O) groups is 1. The van der Waals surface area contributed by atoms with Crippen molar-refractivity contribution in [2.45, 2.75) is 49.5 Å². The summed E-state index contributed by atoms with van der Waals surface area (Å²) < 4.78 is 30.3. The highest BCUT2D eigenvalue weighted by atomic mass is 32.2. The van der Waals surface area contributed by atoms with E-state index in [0.717, 1.165) is 12.0 Å². The fraction of sp³-hybridized carbons (Fsp3) is 0.409. The molecule has 0 saturated heterocycles. The molecule has 1 unspecified atom stereocenters. The second kappa shape index (κ2) is 8.45. The van der Waals surface area contributed by atoms with E-state index in [0.29, 0.717) is 18.0 Å². The van der Waals surface area contributed by atoms with Gasteiger partial charge < -0.3 is 9.64 Å². The first kappa shape index (κ1) is 20.6. The van der Waals surface area contributed by atoms with Crippen molar-refractivity contribution in [2.75, 3.05) is 13.6 Å². The Morgan fingerprint density at radius 3 is 2.39 bits per heavy atom. The number of fused-ring (bicyclic) bond motifs is 1. The van der Waals surface area contributed by atoms with E-state index in [9.17, 15) is 13.2 Å². The highest BCUT2D eigenvalue weighted by Crippen LogP contribution is 2.21. The number of rotatable bonds is 6. The quantitative estimate of drug-likeness (QED) is 0.746. The molecule has 2 aromatic carbocycles. The lowest BCUT2D eigenvalue weighted by atomic mass is 9.99. The molecule has 28 heavy (non-hydrogen) atoms. The highest BCUT2D eigenvalue weighted by molar-refractivity contribution is 7.92. The van der Waals surface area contributed by atoms with Crippen molar-refractivity contribution in [1.29, 1.82) is 0 Å². The van der Waals surface area contributed by atoms with Crippen molar-refractivity contribution >= 4 is 15.7 Å². The topological polar surface area (TPSA) is 63.7 Å². The zero-order valence-electron chi connectivity index (χ0n) is 16.6. The molecule has 0 fully saturated rings. The Labute approximate surface area is 167 Å². The average Bonchev–Trinajstić information content (AvgIpc) is 2.68. The van der Waals surface area contributed by atoms with Gasteiger partial charge in [0, 0.05) is 20.0 Å². The van der Waals surface area contributed by atoms with Crippen LogP contribution in [0.2, 0.25) is 0 Å². The molecule has 0 bridgehead atoms. The van der Waals surface area contributed by atoms with Crippen LogP contribution < -0.4 is 0 Å². The molecule has 0 radical (unpaired) electrons. The first-order valence-electron chi connectivity index (χ1n) is 9.52. The summed E-state index contributed by atoms with van der Waals surface area (Å²) in [5.74, 6) is -0.0121. The van der Waals surface area contributed by atoms with Crippen LogP contribution in [0.25, 0.3) is 0 Å². The molecular formula is C22H27NO4S. The van der Waals surface area contributed by atoms with E-state index in [1.807, 2.05) is 12.1 Å². The molecule has 6 heteroatoms. The van der Waals surface area contributed by atoms with E-state index in [2.05, 4.69) is 12.1 Å². The van der Waals surface area contributed by atoms with Crippen LogP contribution in [0.1, 0.15) is 30.5 Å². The second-order valence-corrected chi connectivity index (χ2v) is 10.1. The fourth-order valence-corrected chi connectivity index (χ4v) is 4.37. The Kier molecular flexibility index (Phi) is 6.20. The molecule has 0 aromatic heterocycles. The zero-order chi connectivity index (χ0) is 20.3. The Balaban J connectivity index is 1.57. The van der Waals surface area contributed by atoms with Gasteiger partial charge in [0.2, 0.25) is 5.91 Å². The number of hydrogen-bond acceptors (Lipinski definition) is 4. The maximum absolute atomic E-state index is 12.6. The highest BCUT2D eigenvalue weighted by Gasteiger charge is 2.23. The summed E-state index contributed by atoms with van der Waals surface area (Å²) >= 11 is 0. The van der Waals surface area contributed by atoms with E-state index < -0.39 is 15.1 Å². The van der Waals surface area contributed by atoms with Crippen LogP contribution in [0.3, 0.4) is 0 Å². The van der Waals surface area contributed by atoms with Gasteiger partial charge in [-0.05, 0) is 42.7 Å². The van der Waals surface area contributed by atoms with Gasteiger partial charge in [0.25, 0.3) is 0 Å². The Morgan fingerprint density at radius 1 is 1.11 bits per heavy atom. The lowest BCUT2D eigenvalue weighted by Crippen LogP contribution is -2.38. The number of amides is 1. The molecule has 1 heterocycles. The third kappa shape index (κ3) is 4.62. The van der Waals surface area contributed by atoms with Crippen LogP contribution in [0, 0.1) is 0 Å². The summed E-state index contributed by atoms with van der Waals surface area (Å²) in [6, 6.07) is 14.8. The van der Waals surface area contributed by atoms with Crippen LogP contribution in [-0.4, -0.2) is 44.2 Å². The number of hydrogen-bond donors (Lipinski definition) is 0. The van der Waals surface area contributed by atoms with Gasteiger partial charge in [0.05, 0.1) is 29.3 Å². The van der Waals surface area contributed by atoms with Crippen LogP contribution >= 0.6 is 0 Å². The number of sulfone groups is 1. The van der Waals surface area contributed by atoms with Gasteiger partial charge >= 0.3 is 0 Å². The van der Waals surface area contributed by atoms with Crippen LogP contribution in [0.4, 0.5) is 0 Å². The van der Waals surface area contributed by atoms with Crippen LogP contribution in [-0.2, 0) is 38.8 Å². The number of nitrogens with zero attached hydrogens (tertiary/aromatic N) is 1. The molecule has 2 aromatic rings. The van der Waals surface area contributed by atoms with Gasteiger partial charge in [-0.1, -0.05) is 36.4 Å². The molecule has 0 spiro atoms. The van der Waals surface area contributed by atoms with Gasteiger partial charge in [0.15, 0.2) is 9.84 Å². The number of benzene rings is 2. The third-order valence-electron chi connectivity index (χ3n) is 5.17. The van der Waals surface area contributed by atoms with Crippen molar-refractivity contribution < 1.29 is 17.9 Å². The molecule has 0 saturated carbocycles. The molecular weight excluding hydrogens is 374 g/mol.